The van der Waals surface area contributed by atoms with Gasteiger partial charge in [0.05, 0.1) is 13.2 Å². The summed E-state index contributed by atoms with van der Waals surface area (Å²) >= 11 is 0. The summed E-state index contributed by atoms with van der Waals surface area (Å²) in [7, 11) is 0. The van der Waals surface area contributed by atoms with Gasteiger partial charge in [0.15, 0.2) is 11.5 Å². The quantitative estimate of drug-likeness (QED) is 0.187. The molecular formula is C27H41NO10. The molecule has 0 aliphatic rings. The first kappa shape index (κ1) is 32.7. The fourth-order valence-electron chi connectivity index (χ4n) is 2.93. The molecule has 0 bridgehead atoms. The molecule has 0 heterocycles. The minimum atomic E-state index is -1.07. The van der Waals surface area contributed by atoms with E-state index in [0.29, 0.717) is 30.7 Å². The van der Waals surface area contributed by atoms with Crippen LogP contribution in [-0.4, -0.2) is 55.7 Å². The highest BCUT2D eigenvalue weighted by atomic mass is 16.7. The van der Waals surface area contributed by atoms with Gasteiger partial charge < -0.3 is 34.2 Å². The summed E-state index contributed by atoms with van der Waals surface area (Å²) in [6.07, 6.45) is -1.10. The van der Waals surface area contributed by atoms with E-state index in [4.69, 9.17) is 34.2 Å². The van der Waals surface area contributed by atoms with E-state index in [9.17, 15) is 19.2 Å². The van der Waals surface area contributed by atoms with Crippen LogP contribution >= 0.6 is 0 Å². The number of esters is 2. The molecule has 11 nitrogen and oxygen atoms in total. The molecule has 0 fully saturated rings. The second-order valence-corrected chi connectivity index (χ2v) is 9.26. The SMILES string of the molecule is CCCOC(=O)Oc1ccc(C[C@H](N)C(=O)O[C@@H](C)[C@H](C)OC(=O)CCC(C)C)cc1OC(=O)OCCC. The van der Waals surface area contributed by atoms with Crippen molar-refractivity contribution in [1.29, 1.82) is 0 Å². The molecule has 0 unspecified atom stereocenters. The van der Waals surface area contributed by atoms with Crippen molar-refractivity contribution in [2.45, 2.75) is 91.9 Å². The molecule has 214 valence electrons. The van der Waals surface area contributed by atoms with Gasteiger partial charge in [-0.3, -0.25) is 9.59 Å². The highest BCUT2D eigenvalue weighted by Crippen LogP contribution is 2.30. The molecule has 2 N–H and O–H groups in total. The zero-order valence-electron chi connectivity index (χ0n) is 23.2. The molecule has 0 saturated carbocycles. The van der Waals surface area contributed by atoms with Crippen LogP contribution in [0.1, 0.15) is 72.8 Å². The summed E-state index contributed by atoms with van der Waals surface area (Å²) in [5.41, 5.74) is 6.55. The molecule has 3 atom stereocenters. The maximum Gasteiger partial charge on any atom is 0.513 e. The van der Waals surface area contributed by atoms with Crippen LogP contribution in [0.15, 0.2) is 18.2 Å². The molecule has 1 aromatic rings. The Hall–Kier alpha value is -3.34. The third-order valence-corrected chi connectivity index (χ3v) is 5.21. The molecule has 0 aliphatic carbocycles. The number of ether oxygens (including phenoxy) is 6. The maximum absolute atomic E-state index is 12.6. The number of carbonyl (C=O) groups is 4. The van der Waals surface area contributed by atoms with Gasteiger partial charge >= 0.3 is 24.2 Å². The molecule has 0 aromatic heterocycles. The van der Waals surface area contributed by atoms with Gasteiger partial charge in [-0.15, -0.1) is 0 Å². The van der Waals surface area contributed by atoms with Crippen molar-refractivity contribution in [3.05, 3.63) is 23.8 Å². The average Bonchev–Trinajstić information content (AvgIpc) is 2.86. The van der Waals surface area contributed by atoms with Gasteiger partial charge in [0.2, 0.25) is 0 Å². The first-order valence-corrected chi connectivity index (χ1v) is 12.9. The molecule has 38 heavy (non-hydrogen) atoms. The minimum Gasteiger partial charge on any atom is -0.459 e. The van der Waals surface area contributed by atoms with Crippen LogP contribution in [0.5, 0.6) is 11.5 Å². The minimum absolute atomic E-state index is 0.0229. The van der Waals surface area contributed by atoms with Gasteiger partial charge in [-0.25, -0.2) is 9.59 Å². The Labute approximate surface area is 224 Å². The number of hydrogen-bond acceptors (Lipinski definition) is 11. The largest absolute Gasteiger partial charge is 0.513 e. The van der Waals surface area contributed by atoms with Crippen LogP contribution in [0, 0.1) is 5.92 Å². The normalized spacial score (nSPS) is 13.2. The van der Waals surface area contributed by atoms with Crippen molar-refractivity contribution in [2.24, 2.45) is 11.7 Å². The highest BCUT2D eigenvalue weighted by Gasteiger charge is 2.25. The van der Waals surface area contributed by atoms with Crippen LogP contribution in [0.2, 0.25) is 0 Å². The summed E-state index contributed by atoms with van der Waals surface area (Å²) in [5.74, 6) is -0.858. The first-order chi connectivity index (χ1) is 18.0. The van der Waals surface area contributed by atoms with Gasteiger partial charge in [-0.05, 0) is 63.1 Å². The van der Waals surface area contributed by atoms with Crippen LogP contribution in [0.4, 0.5) is 9.59 Å². The summed E-state index contributed by atoms with van der Waals surface area (Å²) < 4.78 is 30.9. The molecule has 1 aromatic carbocycles. The van der Waals surface area contributed by atoms with Crippen molar-refractivity contribution in [1.82, 2.24) is 0 Å². The molecule has 0 amide bonds. The number of hydrogen-bond donors (Lipinski definition) is 1. The van der Waals surface area contributed by atoms with Gasteiger partial charge in [-0.1, -0.05) is 33.8 Å². The van der Waals surface area contributed by atoms with E-state index in [1.807, 2.05) is 27.7 Å². The lowest BCUT2D eigenvalue weighted by Crippen LogP contribution is -2.39. The van der Waals surface area contributed by atoms with E-state index in [0.717, 1.165) is 0 Å². The fraction of sp³-hybridized carbons (Fsp3) is 0.630. The Balaban J connectivity index is 2.84. The van der Waals surface area contributed by atoms with Crippen molar-refractivity contribution < 1.29 is 47.6 Å². The Morgan fingerprint density at radius 2 is 1.37 bits per heavy atom. The predicted octanol–water partition coefficient (Wildman–Crippen LogP) is 4.71. The standard InChI is InChI=1S/C27H41NO10/c1-7-13-33-26(31)37-22-11-10-20(16-23(22)38-27(32)34-14-8-2)15-21(28)25(30)36-19(6)18(5)35-24(29)12-9-17(3)4/h10-11,16-19,21H,7-9,12-15,28H2,1-6H3/t18-,19-,21-/m0/s1. The summed E-state index contributed by atoms with van der Waals surface area (Å²) in [6, 6.07) is 3.29. The number of carbonyl (C=O) groups excluding carboxylic acids is 4. The summed E-state index contributed by atoms with van der Waals surface area (Å²) in [6.45, 7) is 11.2. The molecule has 11 heteroatoms. The highest BCUT2D eigenvalue weighted by molar-refractivity contribution is 5.76. The molecule has 1 rings (SSSR count). The fourth-order valence-corrected chi connectivity index (χ4v) is 2.93. The van der Waals surface area contributed by atoms with Crippen LogP contribution < -0.4 is 15.2 Å². The zero-order chi connectivity index (χ0) is 28.7. The lowest BCUT2D eigenvalue weighted by molar-refractivity contribution is -0.166. The van der Waals surface area contributed by atoms with Crippen LogP contribution in [-0.2, 0) is 35.0 Å². The van der Waals surface area contributed by atoms with Gasteiger partial charge in [0.1, 0.15) is 18.2 Å². The van der Waals surface area contributed by atoms with E-state index < -0.39 is 36.5 Å². The Morgan fingerprint density at radius 1 is 0.816 bits per heavy atom. The molecule has 0 saturated heterocycles. The van der Waals surface area contributed by atoms with E-state index in [-0.39, 0.29) is 43.5 Å². The zero-order valence-corrected chi connectivity index (χ0v) is 23.2. The third-order valence-electron chi connectivity index (χ3n) is 5.21. The lowest BCUT2D eigenvalue weighted by atomic mass is 10.1. The Morgan fingerprint density at radius 3 is 1.92 bits per heavy atom. The smallest absolute Gasteiger partial charge is 0.459 e. The number of nitrogens with two attached hydrogens (primary N) is 1. The number of benzene rings is 1. The van der Waals surface area contributed by atoms with Gasteiger partial charge in [0.25, 0.3) is 0 Å². The summed E-state index contributed by atoms with van der Waals surface area (Å²) in [4.78, 5) is 48.4. The average molecular weight is 540 g/mol. The van der Waals surface area contributed by atoms with Gasteiger partial charge in [-0.2, -0.15) is 0 Å². The summed E-state index contributed by atoms with van der Waals surface area (Å²) in [5, 5.41) is 0. The topological polar surface area (TPSA) is 150 Å². The lowest BCUT2D eigenvalue weighted by Gasteiger charge is -2.22. The first-order valence-electron chi connectivity index (χ1n) is 12.9. The third kappa shape index (κ3) is 12.8. The van der Waals surface area contributed by atoms with E-state index >= 15 is 0 Å². The van der Waals surface area contributed by atoms with Crippen LogP contribution in [0.3, 0.4) is 0 Å². The van der Waals surface area contributed by atoms with Crippen molar-refractivity contribution in [3.63, 3.8) is 0 Å². The van der Waals surface area contributed by atoms with E-state index in [1.165, 1.54) is 12.1 Å². The Kier molecular flexibility index (Phi) is 14.8. The van der Waals surface area contributed by atoms with Crippen molar-refractivity contribution in [3.8, 4) is 11.5 Å². The van der Waals surface area contributed by atoms with Gasteiger partial charge in [0, 0.05) is 6.42 Å². The molecule has 0 spiro atoms. The van der Waals surface area contributed by atoms with Crippen LogP contribution in [0.25, 0.3) is 0 Å². The predicted molar refractivity (Wildman–Crippen MR) is 138 cm³/mol. The second-order valence-electron chi connectivity index (χ2n) is 9.26. The molecule has 0 radical (unpaired) electrons. The monoisotopic (exact) mass is 539 g/mol. The van der Waals surface area contributed by atoms with E-state index in [2.05, 4.69) is 0 Å². The molecule has 0 aliphatic heterocycles. The molecular weight excluding hydrogens is 498 g/mol. The maximum atomic E-state index is 12.6. The number of rotatable bonds is 15. The second kappa shape index (κ2) is 17.2. The van der Waals surface area contributed by atoms with Crippen molar-refractivity contribution in [2.75, 3.05) is 13.2 Å². The van der Waals surface area contributed by atoms with E-state index in [1.54, 1.807) is 19.9 Å². The Bertz CT molecular complexity index is 917. The van der Waals surface area contributed by atoms with Crippen molar-refractivity contribution >= 4 is 24.2 Å².